The van der Waals surface area contributed by atoms with Gasteiger partial charge in [-0.1, -0.05) is 30.3 Å². The van der Waals surface area contributed by atoms with Crippen molar-refractivity contribution in [3.63, 3.8) is 0 Å². The Morgan fingerprint density at radius 3 is 2.48 bits per heavy atom. The summed E-state index contributed by atoms with van der Waals surface area (Å²) in [6.45, 7) is -0.0211. The predicted molar refractivity (Wildman–Crippen MR) is 68.4 cm³/mol. The van der Waals surface area contributed by atoms with Crippen molar-refractivity contribution in [2.45, 2.75) is 18.6 Å². The lowest BCUT2D eigenvalue weighted by Crippen LogP contribution is -2.20. The number of benzene rings is 1. The first kappa shape index (κ1) is 15.1. The van der Waals surface area contributed by atoms with Crippen molar-refractivity contribution in [1.29, 1.82) is 0 Å². The molecule has 0 aliphatic heterocycles. The number of halogens is 3. The van der Waals surface area contributed by atoms with Crippen LogP contribution < -0.4 is 0 Å². The van der Waals surface area contributed by atoms with Gasteiger partial charge >= 0.3 is 12.1 Å². The van der Waals surface area contributed by atoms with E-state index in [1.165, 1.54) is 13.3 Å². The second-order valence-electron chi connectivity index (χ2n) is 4.41. The van der Waals surface area contributed by atoms with E-state index in [0.717, 1.165) is 10.7 Å². The molecule has 2 aromatic rings. The van der Waals surface area contributed by atoms with Gasteiger partial charge in [-0.05, 0) is 11.6 Å². The molecule has 0 saturated carbocycles. The normalized spacial score (nSPS) is 13.0. The van der Waals surface area contributed by atoms with E-state index in [4.69, 9.17) is 4.74 Å². The Hall–Kier alpha value is -2.31. The first-order chi connectivity index (χ1) is 9.91. The molecular formula is C14H13F3N2O2. The number of alkyl halides is 3. The van der Waals surface area contributed by atoms with Gasteiger partial charge in [0.05, 0.1) is 13.7 Å². The van der Waals surface area contributed by atoms with Crippen LogP contribution in [0.2, 0.25) is 0 Å². The largest absolute Gasteiger partial charge is 0.468 e. The molecule has 0 amide bonds. The Balaban J connectivity index is 2.24. The third-order valence-corrected chi connectivity index (χ3v) is 2.99. The second-order valence-corrected chi connectivity index (χ2v) is 4.41. The standard InChI is InChI=1S/C14H13F3N2O2/c1-21-13(20)11(10-5-3-2-4-6-10)9-19-8-7-12(18-19)14(15,16)17/h2-8,11H,9H2,1H3. The van der Waals surface area contributed by atoms with Crippen molar-refractivity contribution < 1.29 is 22.7 Å². The van der Waals surface area contributed by atoms with Crippen LogP contribution in [0.3, 0.4) is 0 Å². The molecule has 21 heavy (non-hydrogen) atoms. The van der Waals surface area contributed by atoms with Crippen molar-refractivity contribution in [3.8, 4) is 0 Å². The Morgan fingerprint density at radius 2 is 1.95 bits per heavy atom. The van der Waals surface area contributed by atoms with E-state index in [2.05, 4.69) is 5.10 Å². The summed E-state index contributed by atoms with van der Waals surface area (Å²) in [5.74, 6) is -1.23. The van der Waals surface area contributed by atoms with Crippen LogP contribution in [-0.4, -0.2) is 22.9 Å². The molecule has 1 aromatic heterocycles. The predicted octanol–water partition coefficient (Wildman–Crippen LogP) is 2.86. The number of esters is 1. The number of hydrogen-bond acceptors (Lipinski definition) is 3. The monoisotopic (exact) mass is 298 g/mol. The van der Waals surface area contributed by atoms with Gasteiger partial charge < -0.3 is 4.74 Å². The number of nitrogens with zero attached hydrogens (tertiary/aromatic N) is 2. The molecule has 1 heterocycles. The molecule has 0 spiro atoms. The van der Waals surface area contributed by atoms with E-state index in [9.17, 15) is 18.0 Å². The second kappa shape index (κ2) is 5.99. The number of carbonyl (C=O) groups is 1. The number of aromatic nitrogens is 2. The van der Waals surface area contributed by atoms with Crippen molar-refractivity contribution in [2.24, 2.45) is 0 Å². The molecule has 1 atom stereocenters. The summed E-state index contributed by atoms with van der Waals surface area (Å²) in [5.41, 5.74) is -0.326. The first-order valence-corrected chi connectivity index (χ1v) is 6.15. The van der Waals surface area contributed by atoms with Gasteiger partial charge in [-0.15, -0.1) is 0 Å². The van der Waals surface area contributed by atoms with Crippen LogP contribution in [0.15, 0.2) is 42.6 Å². The molecule has 0 bridgehead atoms. The minimum atomic E-state index is -4.50. The van der Waals surface area contributed by atoms with Gasteiger partial charge in [0.2, 0.25) is 0 Å². The van der Waals surface area contributed by atoms with E-state index in [1.54, 1.807) is 30.3 Å². The third-order valence-electron chi connectivity index (χ3n) is 2.99. The van der Waals surface area contributed by atoms with Crippen molar-refractivity contribution in [3.05, 3.63) is 53.9 Å². The summed E-state index contributed by atoms with van der Waals surface area (Å²) < 4.78 is 43.4. The number of rotatable bonds is 4. The molecular weight excluding hydrogens is 285 g/mol. The average Bonchev–Trinajstić information content (AvgIpc) is 2.93. The molecule has 112 valence electrons. The molecule has 2 rings (SSSR count). The van der Waals surface area contributed by atoms with E-state index >= 15 is 0 Å². The molecule has 1 aromatic carbocycles. The lowest BCUT2D eigenvalue weighted by Gasteiger charge is -2.15. The van der Waals surface area contributed by atoms with Crippen LogP contribution in [0, 0.1) is 0 Å². The molecule has 4 nitrogen and oxygen atoms in total. The minimum Gasteiger partial charge on any atom is -0.468 e. The van der Waals surface area contributed by atoms with Crippen LogP contribution in [0.5, 0.6) is 0 Å². The van der Waals surface area contributed by atoms with E-state index in [1.807, 2.05) is 0 Å². The van der Waals surface area contributed by atoms with Crippen LogP contribution >= 0.6 is 0 Å². The van der Waals surface area contributed by atoms with Gasteiger partial charge in [0.25, 0.3) is 0 Å². The zero-order valence-corrected chi connectivity index (χ0v) is 11.2. The molecule has 0 saturated heterocycles. The van der Waals surface area contributed by atoms with Gasteiger partial charge in [-0.2, -0.15) is 18.3 Å². The smallest absolute Gasteiger partial charge is 0.435 e. The van der Waals surface area contributed by atoms with Crippen LogP contribution in [0.4, 0.5) is 13.2 Å². The summed E-state index contributed by atoms with van der Waals surface area (Å²) in [6.07, 6.45) is -3.31. The fraction of sp³-hybridized carbons (Fsp3) is 0.286. The Bertz CT molecular complexity index is 608. The third kappa shape index (κ3) is 3.62. The van der Waals surface area contributed by atoms with Gasteiger partial charge in [0, 0.05) is 6.20 Å². The van der Waals surface area contributed by atoms with Crippen LogP contribution in [-0.2, 0) is 22.3 Å². The van der Waals surface area contributed by atoms with Gasteiger partial charge in [-0.3, -0.25) is 9.48 Å². The maximum absolute atomic E-state index is 12.5. The zero-order valence-electron chi connectivity index (χ0n) is 11.2. The number of carbonyl (C=O) groups excluding carboxylic acids is 1. The van der Waals surface area contributed by atoms with E-state index in [0.29, 0.717) is 5.56 Å². The van der Waals surface area contributed by atoms with Crippen LogP contribution in [0.25, 0.3) is 0 Å². The highest BCUT2D eigenvalue weighted by Crippen LogP contribution is 2.28. The van der Waals surface area contributed by atoms with E-state index in [-0.39, 0.29) is 6.54 Å². The number of hydrogen-bond donors (Lipinski definition) is 0. The zero-order chi connectivity index (χ0) is 15.5. The molecule has 0 fully saturated rings. The summed E-state index contributed by atoms with van der Waals surface area (Å²) in [4.78, 5) is 11.8. The molecule has 1 unspecified atom stereocenters. The van der Waals surface area contributed by atoms with Gasteiger partial charge in [0.15, 0.2) is 5.69 Å². The Kier molecular flexibility index (Phi) is 4.30. The lowest BCUT2D eigenvalue weighted by molar-refractivity contribution is -0.142. The van der Waals surface area contributed by atoms with Crippen molar-refractivity contribution in [1.82, 2.24) is 9.78 Å². The van der Waals surface area contributed by atoms with Crippen molar-refractivity contribution >= 4 is 5.97 Å². The topological polar surface area (TPSA) is 44.1 Å². The Morgan fingerprint density at radius 1 is 1.29 bits per heavy atom. The highest BCUT2D eigenvalue weighted by molar-refractivity contribution is 5.77. The maximum Gasteiger partial charge on any atom is 0.435 e. The van der Waals surface area contributed by atoms with E-state index < -0.39 is 23.8 Å². The summed E-state index contributed by atoms with van der Waals surface area (Å²) in [7, 11) is 1.24. The van der Waals surface area contributed by atoms with Gasteiger partial charge in [-0.25, -0.2) is 0 Å². The summed E-state index contributed by atoms with van der Waals surface area (Å²) in [6, 6.07) is 9.59. The van der Waals surface area contributed by atoms with Crippen LogP contribution in [0.1, 0.15) is 17.2 Å². The maximum atomic E-state index is 12.5. The Labute approximate surface area is 119 Å². The van der Waals surface area contributed by atoms with Gasteiger partial charge in [0.1, 0.15) is 5.92 Å². The highest BCUT2D eigenvalue weighted by Gasteiger charge is 2.34. The quantitative estimate of drug-likeness (QED) is 0.815. The highest BCUT2D eigenvalue weighted by atomic mass is 19.4. The van der Waals surface area contributed by atoms with Crippen molar-refractivity contribution in [2.75, 3.05) is 7.11 Å². The molecule has 7 heteroatoms. The fourth-order valence-corrected chi connectivity index (χ4v) is 1.95. The lowest BCUT2D eigenvalue weighted by atomic mass is 9.99. The molecule has 0 N–H and O–H groups in total. The molecule has 0 aliphatic rings. The SMILES string of the molecule is COC(=O)C(Cn1ccc(C(F)(F)F)n1)c1ccccc1. The fourth-order valence-electron chi connectivity index (χ4n) is 1.95. The summed E-state index contributed by atoms with van der Waals surface area (Å²) in [5, 5.41) is 3.45. The first-order valence-electron chi connectivity index (χ1n) is 6.15. The number of ether oxygens (including phenoxy) is 1. The molecule has 0 aliphatic carbocycles. The minimum absolute atomic E-state index is 0.0211. The molecule has 0 radical (unpaired) electrons. The average molecular weight is 298 g/mol. The summed E-state index contributed by atoms with van der Waals surface area (Å²) >= 11 is 0. The number of methoxy groups -OCH3 is 1.